The molecule has 2 rings (SSSR count). The number of rotatable bonds is 3. The molecule has 0 spiro atoms. The molecule has 1 fully saturated rings. The van der Waals surface area contributed by atoms with E-state index in [0.717, 1.165) is 18.4 Å². The highest BCUT2D eigenvalue weighted by atomic mass is 35.5. The molecule has 0 radical (unpaired) electrons. The Bertz CT molecular complexity index is 354. The Morgan fingerprint density at radius 1 is 1.43 bits per heavy atom. The van der Waals surface area contributed by atoms with Crippen LogP contribution in [-0.2, 0) is 10.3 Å². The van der Waals surface area contributed by atoms with Crippen LogP contribution in [-0.4, -0.2) is 16.8 Å². The number of hydrogen-bond donors (Lipinski definition) is 1. The van der Waals surface area contributed by atoms with Crippen molar-refractivity contribution in [3.05, 3.63) is 21.9 Å². The van der Waals surface area contributed by atoms with Crippen molar-refractivity contribution in [3.63, 3.8) is 0 Å². The number of nitrogens with zero attached hydrogens (tertiary/aromatic N) is 2. The van der Waals surface area contributed by atoms with Crippen molar-refractivity contribution >= 4 is 23.2 Å². The fraction of sp³-hybridized carbons (Fsp3) is 0.500. The topological polar surface area (TPSA) is 61.0 Å². The molecule has 0 amide bonds. The fourth-order valence-electron chi connectivity index (χ4n) is 1.53. The molecule has 0 aromatic carbocycles. The van der Waals surface area contributed by atoms with E-state index in [1.807, 2.05) is 0 Å². The van der Waals surface area contributed by atoms with Crippen LogP contribution >= 0.6 is 23.2 Å². The molecule has 0 bridgehead atoms. The van der Waals surface area contributed by atoms with Gasteiger partial charge in [-0.05, 0) is 18.9 Å². The highest BCUT2D eigenvalue weighted by molar-refractivity contribution is 6.31. The van der Waals surface area contributed by atoms with Crippen molar-refractivity contribution in [1.29, 1.82) is 0 Å². The van der Waals surface area contributed by atoms with Crippen LogP contribution in [0.2, 0.25) is 10.3 Å². The lowest BCUT2D eigenvalue weighted by atomic mass is 10.00. The molecule has 1 aliphatic carbocycles. The van der Waals surface area contributed by atoms with Crippen molar-refractivity contribution < 1.29 is 4.84 Å². The maximum Gasteiger partial charge on any atom is 0.155 e. The molecule has 0 unspecified atom stereocenters. The lowest BCUT2D eigenvalue weighted by molar-refractivity contribution is 0.116. The summed E-state index contributed by atoms with van der Waals surface area (Å²) < 4.78 is 0. The van der Waals surface area contributed by atoms with Crippen LogP contribution in [0.1, 0.15) is 18.4 Å². The van der Waals surface area contributed by atoms with Crippen LogP contribution in [0, 0.1) is 0 Å². The van der Waals surface area contributed by atoms with Gasteiger partial charge in [0.1, 0.15) is 0 Å². The van der Waals surface area contributed by atoms with Crippen LogP contribution < -0.4 is 5.90 Å². The van der Waals surface area contributed by atoms with E-state index in [0.29, 0.717) is 16.9 Å². The van der Waals surface area contributed by atoms with E-state index in [4.69, 9.17) is 29.1 Å². The van der Waals surface area contributed by atoms with E-state index in [1.165, 1.54) is 0 Å². The highest BCUT2D eigenvalue weighted by Crippen LogP contribution is 2.50. The standard InChI is InChI=1S/C8H9Cl2N3O/c9-6-3-5(7(10)13-12-6)8(1-2-8)4-14-11/h3H,1-2,4,11H2. The van der Waals surface area contributed by atoms with Crippen LogP contribution in [0.15, 0.2) is 6.07 Å². The van der Waals surface area contributed by atoms with Gasteiger partial charge in [0.25, 0.3) is 0 Å². The summed E-state index contributed by atoms with van der Waals surface area (Å²) in [5.74, 6) is 5.07. The second-order valence-corrected chi connectivity index (χ2v) is 4.21. The van der Waals surface area contributed by atoms with Gasteiger partial charge in [-0.15, -0.1) is 10.2 Å². The Kier molecular flexibility index (Phi) is 2.62. The van der Waals surface area contributed by atoms with Crippen LogP contribution in [0.5, 0.6) is 0 Å². The van der Waals surface area contributed by atoms with Crippen LogP contribution in [0.4, 0.5) is 0 Å². The number of nitrogens with two attached hydrogens (primary N) is 1. The van der Waals surface area contributed by atoms with Gasteiger partial charge in [-0.3, -0.25) is 0 Å². The summed E-state index contributed by atoms with van der Waals surface area (Å²) >= 11 is 11.7. The third-order valence-corrected chi connectivity index (χ3v) is 2.97. The first-order valence-corrected chi connectivity index (χ1v) is 4.94. The minimum Gasteiger partial charge on any atom is -0.304 e. The zero-order valence-corrected chi connectivity index (χ0v) is 8.85. The Balaban J connectivity index is 2.35. The van der Waals surface area contributed by atoms with Gasteiger partial charge in [0.05, 0.1) is 6.61 Å². The molecule has 1 saturated carbocycles. The monoisotopic (exact) mass is 233 g/mol. The molecular weight excluding hydrogens is 225 g/mol. The number of hydrogen-bond acceptors (Lipinski definition) is 4. The first-order chi connectivity index (χ1) is 6.68. The molecule has 1 aromatic heterocycles. The van der Waals surface area contributed by atoms with E-state index < -0.39 is 0 Å². The fourth-order valence-corrected chi connectivity index (χ4v) is 1.97. The van der Waals surface area contributed by atoms with Crippen molar-refractivity contribution in [2.45, 2.75) is 18.3 Å². The minimum absolute atomic E-state index is 0.0919. The molecule has 6 heteroatoms. The van der Waals surface area contributed by atoms with E-state index in [-0.39, 0.29) is 5.41 Å². The second-order valence-electron chi connectivity index (χ2n) is 3.46. The maximum absolute atomic E-state index is 5.93. The zero-order valence-electron chi connectivity index (χ0n) is 7.33. The summed E-state index contributed by atoms with van der Waals surface area (Å²) in [5, 5.41) is 8.13. The van der Waals surface area contributed by atoms with Gasteiger partial charge in [-0.25, -0.2) is 5.90 Å². The van der Waals surface area contributed by atoms with Crippen molar-refractivity contribution in [2.75, 3.05) is 6.61 Å². The van der Waals surface area contributed by atoms with Gasteiger partial charge in [0, 0.05) is 11.0 Å². The first-order valence-electron chi connectivity index (χ1n) is 4.19. The Morgan fingerprint density at radius 3 is 2.71 bits per heavy atom. The number of aromatic nitrogens is 2. The predicted octanol–water partition coefficient (Wildman–Crippen LogP) is 1.71. The zero-order chi connectivity index (χ0) is 10.2. The van der Waals surface area contributed by atoms with Crippen LogP contribution in [0.3, 0.4) is 0 Å². The molecule has 1 aliphatic rings. The molecule has 1 aromatic rings. The molecule has 4 nitrogen and oxygen atoms in total. The highest BCUT2D eigenvalue weighted by Gasteiger charge is 2.46. The smallest absolute Gasteiger partial charge is 0.155 e. The van der Waals surface area contributed by atoms with E-state index in [2.05, 4.69) is 15.0 Å². The Morgan fingerprint density at radius 2 is 2.14 bits per heavy atom. The largest absolute Gasteiger partial charge is 0.304 e. The summed E-state index contributed by atoms with van der Waals surface area (Å²) in [5.41, 5.74) is 0.787. The number of halogens is 2. The lowest BCUT2D eigenvalue weighted by Crippen LogP contribution is -2.19. The van der Waals surface area contributed by atoms with Gasteiger partial charge in [-0.1, -0.05) is 23.2 Å². The quantitative estimate of drug-likeness (QED) is 0.808. The molecule has 76 valence electrons. The Hall–Kier alpha value is -0.420. The van der Waals surface area contributed by atoms with Crippen molar-refractivity contribution in [2.24, 2.45) is 5.90 Å². The predicted molar refractivity (Wildman–Crippen MR) is 53.1 cm³/mol. The van der Waals surface area contributed by atoms with E-state index in [9.17, 15) is 0 Å². The summed E-state index contributed by atoms with van der Waals surface area (Å²) in [6, 6.07) is 1.73. The van der Waals surface area contributed by atoms with E-state index >= 15 is 0 Å². The van der Waals surface area contributed by atoms with Crippen molar-refractivity contribution in [3.8, 4) is 0 Å². The summed E-state index contributed by atoms with van der Waals surface area (Å²) in [6.45, 7) is 0.439. The molecule has 0 atom stereocenters. The Labute approximate surface area is 91.3 Å². The molecule has 1 heterocycles. The third-order valence-electron chi connectivity index (χ3n) is 2.50. The summed E-state index contributed by atoms with van der Waals surface area (Å²) in [6.07, 6.45) is 1.98. The first kappa shape index (κ1) is 10.1. The van der Waals surface area contributed by atoms with Gasteiger partial charge in [-0.2, -0.15) is 0 Å². The van der Waals surface area contributed by atoms with Gasteiger partial charge in [0.15, 0.2) is 10.3 Å². The molecule has 2 N–H and O–H groups in total. The van der Waals surface area contributed by atoms with Crippen LogP contribution in [0.25, 0.3) is 0 Å². The van der Waals surface area contributed by atoms with Gasteiger partial charge in [0.2, 0.25) is 0 Å². The van der Waals surface area contributed by atoms with E-state index in [1.54, 1.807) is 6.07 Å². The summed E-state index contributed by atoms with van der Waals surface area (Å²) in [4.78, 5) is 4.67. The second kappa shape index (κ2) is 3.62. The molecule has 0 aliphatic heterocycles. The average Bonchev–Trinajstić information content (AvgIpc) is 2.91. The third kappa shape index (κ3) is 1.70. The molecular formula is C8H9Cl2N3O. The average molecular weight is 234 g/mol. The molecule has 0 saturated heterocycles. The van der Waals surface area contributed by atoms with Gasteiger partial charge < -0.3 is 4.84 Å². The normalized spacial score (nSPS) is 18.2. The van der Waals surface area contributed by atoms with Gasteiger partial charge >= 0.3 is 0 Å². The SMILES string of the molecule is NOCC1(c2cc(Cl)nnc2Cl)CC1. The molecule has 14 heavy (non-hydrogen) atoms. The van der Waals surface area contributed by atoms with Crippen molar-refractivity contribution in [1.82, 2.24) is 10.2 Å². The lowest BCUT2D eigenvalue weighted by Gasteiger charge is -2.14. The minimum atomic E-state index is -0.0919. The maximum atomic E-state index is 5.93. The summed E-state index contributed by atoms with van der Waals surface area (Å²) in [7, 11) is 0.